The van der Waals surface area contributed by atoms with E-state index >= 15 is 0 Å². The largest absolute Gasteiger partial charge is 0.490 e. The second-order valence-electron chi connectivity index (χ2n) is 5.46. The molecule has 0 spiro atoms. The predicted molar refractivity (Wildman–Crippen MR) is 85.1 cm³/mol. The van der Waals surface area contributed by atoms with Crippen LogP contribution in [0.2, 0.25) is 0 Å². The maximum Gasteiger partial charge on any atom is 0.367 e. The van der Waals surface area contributed by atoms with Crippen molar-refractivity contribution in [2.75, 3.05) is 13.2 Å². The Bertz CT molecular complexity index is 617. The van der Waals surface area contributed by atoms with Gasteiger partial charge in [0.05, 0.1) is 24.5 Å². The van der Waals surface area contributed by atoms with Crippen molar-refractivity contribution in [2.45, 2.75) is 27.7 Å². The first-order chi connectivity index (χ1) is 10.5. The molecule has 5 heteroatoms. The summed E-state index contributed by atoms with van der Waals surface area (Å²) in [4.78, 5) is 16.2. The van der Waals surface area contributed by atoms with Gasteiger partial charge in [-0.2, -0.15) is 0 Å². The molecule has 0 saturated carbocycles. The van der Waals surface area contributed by atoms with Crippen molar-refractivity contribution in [1.82, 2.24) is 0 Å². The number of ether oxygens (including phenoxy) is 2. The molecule has 1 aliphatic rings. The number of carbonyl (C=O) groups is 1. The topological polar surface area (TPSA) is 57.1 Å². The van der Waals surface area contributed by atoms with Crippen LogP contribution in [0.15, 0.2) is 28.9 Å². The van der Waals surface area contributed by atoms with Gasteiger partial charge in [0.25, 0.3) is 0 Å². The first kappa shape index (κ1) is 16.1. The van der Waals surface area contributed by atoms with E-state index in [1.54, 1.807) is 13.0 Å². The minimum atomic E-state index is -0.435. The minimum absolute atomic E-state index is 0.434. The van der Waals surface area contributed by atoms with Crippen LogP contribution >= 0.6 is 0 Å². The van der Waals surface area contributed by atoms with Crippen molar-refractivity contribution in [3.8, 4) is 11.5 Å². The molecular weight excluding hydrogens is 282 g/mol. The van der Waals surface area contributed by atoms with E-state index < -0.39 is 5.97 Å². The summed E-state index contributed by atoms with van der Waals surface area (Å²) >= 11 is 0. The maximum absolute atomic E-state index is 11.6. The van der Waals surface area contributed by atoms with Gasteiger partial charge in [-0.05, 0) is 43.5 Å². The van der Waals surface area contributed by atoms with Crippen molar-refractivity contribution in [1.29, 1.82) is 0 Å². The average Bonchev–Trinajstić information content (AvgIpc) is 2.78. The Morgan fingerprint density at radius 1 is 1.27 bits per heavy atom. The Labute approximate surface area is 130 Å². The molecule has 1 heterocycles. The lowest BCUT2D eigenvalue weighted by molar-refractivity contribution is -0.136. The zero-order chi connectivity index (χ0) is 16.1. The average molecular weight is 303 g/mol. The molecule has 0 unspecified atom stereocenters. The summed E-state index contributed by atoms with van der Waals surface area (Å²) in [6, 6.07) is 5.58. The van der Waals surface area contributed by atoms with Crippen LogP contribution < -0.4 is 9.47 Å². The summed E-state index contributed by atoms with van der Waals surface area (Å²) in [6.45, 7) is 9.00. The summed E-state index contributed by atoms with van der Waals surface area (Å²) in [5.74, 6) is 1.37. The molecule has 0 radical (unpaired) electrons. The van der Waals surface area contributed by atoms with Crippen LogP contribution in [-0.4, -0.2) is 24.9 Å². The van der Waals surface area contributed by atoms with Crippen molar-refractivity contribution in [3.05, 3.63) is 29.3 Å². The highest BCUT2D eigenvalue weighted by Crippen LogP contribution is 2.30. The minimum Gasteiger partial charge on any atom is -0.490 e. The molecule has 0 fully saturated rings. The number of carbonyl (C=O) groups excluding carboxylic acids is 1. The van der Waals surface area contributed by atoms with E-state index in [-0.39, 0.29) is 0 Å². The lowest BCUT2D eigenvalue weighted by Crippen LogP contribution is -2.06. The Hall–Kier alpha value is -2.30. The standard InChI is InChI=1S/C17H21NO4/c1-5-20-16-9-13(6-7-15(16)21-10-11(2)3)8-14-12(4)18-22-17(14)19/h6-9,11H,5,10H2,1-4H3/b14-8-. The summed E-state index contributed by atoms with van der Waals surface area (Å²) in [7, 11) is 0. The molecule has 0 aliphatic carbocycles. The van der Waals surface area contributed by atoms with E-state index in [4.69, 9.17) is 9.47 Å². The molecule has 0 atom stereocenters. The number of oxime groups is 1. The lowest BCUT2D eigenvalue weighted by Gasteiger charge is -2.14. The Kier molecular flexibility index (Phi) is 5.20. The van der Waals surface area contributed by atoms with Gasteiger partial charge in [0, 0.05) is 0 Å². The smallest absolute Gasteiger partial charge is 0.367 e. The predicted octanol–water partition coefficient (Wildman–Crippen LogP) is 3.44. The molecule has 0 amide bonds. The van der Waals surface area contributed by atoms with Crippen LogP contribution in [0.4, 0.5) is 0 Å². The van der Waals surface area contributed by atoms with Gasteiger partial charge in [0.1, 0.15) is 0 Å². The molecule has 1 aromatic carbocycles. The van der Waals surface area contributed by atoms with Crippen molar-refractivity contribution in [3.63, 3.8) is 0 Å². The molecular formula is C17H21NO4. The summed E-state index contributed by atoms with van der Waals surface area (Å²) in [5.41, 5.74) is 1.87. The maximum atomic E-state index is 11.6. The fourth-order valence-corrected chi connectivity index (χ4v) is 1.94. The van der Waals surface area contributed by atoms with Crippen LogP contribution in [0.1, 0.15) is 33.3 Å². The highest BCUT2D eigenvalue weighted by Gasteiger charge is 2.21. The molecule has 1 aliphatic heterocycles. The van der Waals surface area contributed by atoms with Gasteiger partial charge >= 0.3 is 5.97 Å². The van der Waals surface area contributed by atoms with Gasteiger partial charge in [-0.1, -0.05) is 25.1 Å². The number of hydrogen-bond donors (Lipinski definition) is 0. The number of nitrogens with zero attached hydrogens (tertiary/aromatic N) is 1. The summed E-state index contributed by atoms with van der Waals surface area (Å²) in [5, 5.41) is 3.66. The summed E-state index contributed by atoms with van der Waals surface area (Å²) < 4.78 is 11.4. The Morgan fingerprint density at radius 2 is 2.05 bits per heavy atom. The van der Waals surface area contributed by atoms with Crippen molar-refractivity contribution in [2.24, 2.45) is 11.1 Å². The zero-order valence-corrected chi connectivity index (χ0v) is 13.4. The quantitative estimate of drug-likeness (QED) is 0.596. The molecule has 1 aromatic rings. The Balaban J connectivity index is 2.27. The van der Waals surface area contributed by atoms with E-state index in [9.17, 15) is 4.79 Å². The molecule has 0 aromatic heterocycles. The van der Waals surface area contributed by atoms with E-state index in [1.165, 1.54) is 0 Å². The van der Waals surface area contributed by atoms with Gasteiger partial charge in [0.2, 0.25) is 0 Å². The van der Waals surface area contributed by atoms with Crippen LogP contribution in [0.25, 0.3) is 6.08 Å². The first-order valence-electron chi connectivity index (χ1n) is 7.39. The van der Waals surface area contributed by atoms with Crippen LogP contribution in [-0.2, 0) is 9.63 Å². The van der Waals surface area contributed by atoms with Crippen LogP contribution in [0.3, 0.4) is 0 Å². The summed E-state index contributed by atoms with van der Waals surface area (Å²) in [6.07, 6.45) is 1.74. The van der Waals surface area contributed by atoms with Crippen molar-refractivity contribution >= 4 is 17.8 Å². The molecule has 0 saturated heterocycles. The van der Waals surface area contributed by atoms with Gasteiger partial charge in [-0.25, -0.2) is 4.79 Å². The fourth-order valence-electron chi connectivity index (χ4n) is 1.94. The normalized spacial score (nSPS) is 16.0. The third-order valence-corrected chi connectivity index (χ3v) is 3.03. The molecule has 0 bridgehead atoms. The third-order valence-electron chi connectivity index (χ3n) is 3.03. The molecule has 2 rings (SSSR count). The monoisotopic (exact) mass is 303 g/mol. The molecule has 118 valence electrons. The van der Waals surface area contributed by atoms with Gasteiger partial charge < -0.3 is 14.3 Å². The van der Waals surface area contributed by atoms with E-state index in [0.29, 0.717) is 41.9 Å². The van der Waals surface area contributed by atoms with E-state index in [1.807, 2.05) is 25.1 Å². The fraction of sp³-hybridized carbons (Fsp3) is 0.412. The van der Waals surface area contributed by atoms with Crippen LogP contribution in [0, 0.1) is 5.92 Å². The SMILES string of the molecule is CCOc1cc(/C=C2\C(=O)ON=C2C)ccc1OCC(C)C. The number of hydrogen-bond acceptors (Lipinski definition) is 5. The molecule has 22 heavy (non-hydrogen) atoms. The van der Waals surface area contributed by atoms with E-state index in [2.05, 4.69) is 23.8 Å². The van der Waals surface area contributed by atoms with E-state index in [0.717, 1.165) is 5.56 Å². The highest BCUT2D eigenvalue weighted by molar-refractivity contribution is 6.24. The van der Waals surface area contributed by atoms with Crippen molar-refractivity contribution < 1.29 is 19.1 Å². The second-order valence-corrected chi connectivity index (χ2v) is 5.46. The number of benzene rings is 1. The molecule has 0 N–H and O–H groups in total. The lowest BCUT2D eigenvalue weighted by atomic mass is 10.1. The van der Waals surface area contributed by atoms with Gasteiger partial charge in [-0.3, -0.25) is 0 Å². The van der Waals surface area contributed by atoms with Gasteiger partial charge in [0.15, 0.2) is 11.5 Å². The third kappa shape index (κ3) is 3.87. The van der Waals surface area contributed by atoms with Gasteiger partial charge in [-0.15, -0.1) is 0 Å². The number of rotatable bonds is 6. The Morgan fingerprint density at radius 3 is 2.64 bits per heavy atom. The van der Waals surface area contributed by atoms with Crippen LogP contribution in [0.5, 0.6) is 11.5 Å². The second kappa shape index (κ2) is 7.11. The first-order valence-corrected chi connectivity index (χ1v) is 7.39. The molecule has 5 nitrogen and oxygen atoms in total. The highest BCUT2D eigenvalue weighted by atomic mass is 16.7. The zero-order valence-electron chi connectivity index (χ0n) is 13.4.